The van der Waals surface area contributed by atoms with Gasteiger partial charge in [0.1, 0.15) is 6.04 Å². The van der Waals surface area contributed by atoms with E-state index in [1.165, 1.54) is 18.2 Å². The molecule has 0 aliphatic heterocycles. The summed E-state index contributed by atoms with van der Waals surface area (Å²) < 4.78 is 0. The normalized spacial score (nSPS) is 12.9. The number of carboxylic acids is 1. The van der Waals surface area contributed by atoms with Crippen LogP contribution in [0.15, 0.2) is 18.2 Å². The fourth-order valence-corrected chi connectivity index (χ4v) is 2.07. The van der Waals surface area contributed by atoms with E-state index in [4.69, 9.17) is 28.3 Å². The largest absolute Gasteiger partial charge is 0.480 e. The molecule has 1 aromatic carbocycles. The molecule has 6 heteroatoms. The first-order chi connectivity index (χ1) is 8.61. The van der Waals surface area contributed by atoms with Gasteiger partial charge < -0.3 is 10.4 Å². The van der Waals surface area contributed by atoms with Crippen LogP contribution >= 0.6 is 23.2 Å². The Morgan fingerprint density at radius 1 is 1.16 bits per heavy atom. The summed E-state index contributed by atoms with van der Waals surface area (Å²) >= 11 is 11.6. The molecule has 0 fully saturated rings. The van der Waals surface area contributed by atoms with Gasteiger partial charge in [0, 0.05) is 15.6 Å². The molecule has 0 aliphatic rings. The summed E-state index contributed by atoms with van der Waals surface area (Å²) in [5.74, 6) is -1.61. The second-order valence-corrected chi connectivity index (χ2v) is 6.14. The summed E-state index contributed by atoms with van der Waals surface area (Å²) in [5, 5.41) is 12.3. The zero-order valence-electron chi connectivity index (χ0n) is 10.8. The standard InChI is InChI=1S/C13H15Cl2NO3/c1-13(2,3)10(12(18)19)16-11(17)7-4-8(14)6-9(15)5-7/h4-6,10H,1-3H3,(H,16,17)(H,18,19). The summed E-state index contributed by atoms with van der Waals surface area (Å²) in [5.41, 5.74) is -0.378. The molecule has 0 heterocycles. The van der Waals surface area contributed by atoms with Crippen LogP contribution in [0.4, 0.5) is 0 Å². The van der Waals surface area contributed by atoms with Crippen LogP contribution in [0.1, 0.15) is 31.1 Å². The van der Waals surface area contributed by atoms with Crippen LogP contribution in [0.5, 0.6) is 0 Å². The van der Waals surface area contributed by atoms with E-state index in [-0.39, 0.29) is 5.56 Å². The Morgan fingerprint density at radius 3 is 2.00 bits per heavy atom. The number of benzene rings is 1. The molecule has 1 rings (SSSR count). The molecule has 0 bridgehead atoms. The molecule has 1 amide bonds. The van der Waals surface area contributed by atoms with E-state index in [2.05, 4.69) is 5.32 Å². The predicted molar refractivity (Wildman–Crippen MR) is 74.8 cm³/mol. The minimum atomic E-state index is -1.09. The number of nitrogens with one attached hydrogen (secondary N) is 1. The minimum absolute atomic E-state index is 0.230. The molecule has 0 saturated heterocycles. The Bertz CT molecular complexity index is 489. The number of carbonyl (C=O) groups excluding carboxylic acids is 1. The maximum atomic E-state index is 12.0. The molecule has 1 aromatic rings. The Kier molecular flexibility index (Phi) is 4.82. The van der Waals surface area contributed by atoms with Gasteiger partial charge in [0.25, 0.3) is 5.91 Å². The number of hydrogen-bond acceptors (Lipinski definition) is 2. The maximum Gasteiger partial charge on any atom is 0.326 e. The van der Waals surface area contributed by atoms with E-state index in [0.29, 0.717) is 10.0 Å². The number of carbonyl (C=O) groups is 2. The van der Waals surface area contributed by atoms with Crippen LogP contribution in [-0.4, -0.2) is 23.0 Å². The Hall–Kier alpha value is -1.26. The molecule has 1 unspecified atom stereocenters. The fourth-order valence-electron chi connectivity index (χ4n) is 1.55. The highest BCUT2D eigenvalue weighted by Crippen LogP contribution is 2.22. The summed E-state index contributed by atoms with van der Waals surface area (Å²) in [6, 6.07) is 3.37. The molecule has 19 heavy (non-hydrogen) atoms. The second kappa shape index (κ2) is 5.80. The van der Waals surface area contributed by atoms with Gasteiger partial charge in [-0.25, -0.2) is 4.79 Å². The highest BCUT2D eigenvalue weighted by molar-refractivity contribution is 6.35. The molecule has 0 spiro atoms. The first-order valence-corrected chi connectivity index (χ1v) is 6.36. The topological polar surface area (TPSA) is 66.4 Å². The monoisotopic (exact) mass is 303 g/mol. The Labute approximate surface area is 121 Å². The summed E-state index contributed by atoms with van der Waals surface area (Å²) in [7, 11) is 0. The average Bonchev–Trinajstić information content (AvgIpc) is 2.21. The van der Waals surface area contributed by atoms with Crippen LogP contribution in [0.2, 0.25) is 10.0 Å². The number of aliphatic carboxylic acids is 1. The highest BCUT2D eigenvalue weighted by atomic mass is 35.5. The predicted octanol–water partition coefficient (Wildman–Crippen LogP) is 3.22. The number of halogens is 2. The molecule has 0 saturated carbocycles. The first-order valence-electron chi connectivity index (χ1n) is 5.61. The van der Waals surface area contributed by atoms with E-state index in [0.717, 1.165) is 0 Å². The lowest BCUT2D eigenvalue weighted by atomic mass is 9.86. The highest BCUT2D eigenvalue weighted by Gasteiger charge is 2.32. The van der Waals surface area contributed by atoms with Gasteiger partial charge in [-0.05, 0) is 23.6 Å². The van der Waals surface area contributed by atoms with Crippen molar-refractivity contribution in [3.63, 3.8) is 0 Å². The zero-order valence-corrected chi connectivity index (χ0v) is 12.3. The van der Waals surface area contributed by atoms with E-state index in [9.17, 15) is 9.59 Å². The van der Waals surface area contributed by atoms with Crippen molar-refractivity contribution in [2.45, 2.75) is 26.8 Å². The van der Waals surface area contributed by atoms with E-state index >= 15 is 0 Å². The average molecular weight is 304 g/mol. The van der Waals surface area contributed by atoms with Crippen molar-refractivity contribution in [1.82, 2.24) is 5.32 Å². The quantitative estimate of drug-likeness (QED) is 0.901. The Morgan fingerprint density at radius 2 is 1.63 bits per heavy atom. The third-order valence-corrected chi connectivity index (χ3v) is 2.95. The zero-order chi connectivity index (χ0) is 14.8. The van der Waals surface area contributed by atoms with Gasteiger partial charge in [0.2, 0.25) is 0 Å². The SMILES string of the molecule is CC(C)(C)C(NC(=O)c1cc(Cl)cc(Cl)c1)C(=O)O. The molecule has 104 valence electrons. The van der Waals surface area contributed by atoms with Crippen LogP contribution in [-0.2, 0) is 4.79 Å². The smallest absolute Gasteiger partial charge is 0.326 e. The lowest BCUT2D eigenvalue weighted by Gasteiger charge is -2.27. The molecule has 0 radical (unpaired) electrons. The van der Waals surface area contributed by atoms with Crippen LogP contribution < -0.4 is 5.32 Å². The van der Waals surface area contributed by atoms with Crippen molar-refractivity contribution in [3.05, 3.63) is 33.8 Å². The van der Waals surface area contributed by atoms with Gasteiger partial charge in [0.15, 0.2) is 0 Å². The summed E-state index contributed by atoms with van der Waals surface area (Å²) in [6.45, 7) is 5.20. The van der Waals surface area contributed by atoms with Crippen molar-refractivity contribution in [2.75, 3.05) is 0 Å². The number of hydrogen-bond donors (Lipinski definition) is 2. The van der Waals surface area contributed by atoms with Gasteiger partial charge in [-0.3, -0.25) is 4.79 Å². The number of carboxylic acid groups (broad SMARTS) is 1. The summed E-state index contributed by atoms with van der Waals surface area (Å²) in [6.07, 6.45) is 0. The second-order valence-electron chi connectivity index (χ2n) is 5.27. The summed E-state index contributed by atoms with van der Waals surface area (Å²) in [4.78, 5) is 23.2. The number of amides is 1. The van der Waals surface area contributed by atoms with Crippen molar-refractivity contribution in [3.8, 4) is 0 Å². The van der Waals surface area contributed by atoms with Crippen LogP contribution in [0.3, 0.4) is 0 Å². The molecular weight excluding hydrogens is 289 g/mol. The lowest BCUT2D eigenvalue weighted by Crippen LogP contribution is -2.49. The lowest BCUT2D eigenvalue weighted by molar-refractivity contribution is -0.142. The molecule has 0 aromatic heterocycles. The molecule has 1 atom stereocenters. The third-order valence-electron chi connectivity index (χ3n) is 2.51. The van der Waals surface area contributed by atoms with E-state index in [1.807, 2.05) is 0 Å². The van der Waals surface area contributed by atoms with Crippen LogP contribution in [0.25, 0.3) is 0 Å². The van der Waals surface area contributed by atoms with Crippen LogP contribution in [0, 0.1) is 5.41 Å². The van der Waals surface area contributed by atoms with E-state index in [1.54, 1.807) is 20.8 Å². The first kappa shape index (κ1) is 15.8. The van der Waals surface area contributed by atoms with Crippen molar-refractivity contribution in [1.29, 1.82) is 0 Å². The number of rotatable bonds is 3. The minimum Gasteiger partial charge on any atom is -0.480 e. The van der Waals surface area contributed by atoms with Gasteiger partial charge in [0.05, 0.1) is 0 Å². The van der Waals surface area contributed by atoms with E-state index < -0.39 is 23.3 Å². The fraction of sp³-hybridized carbons (Fsp3) is 0.385. The molecule has 4 nitrogen and oxygen atoms in total. The maximum absolute atomic E-state index is 12.0. The van der Waals surface area contributed by atoms with Crippen molar-refractivity contribution < 1.29 is 14.7 Å². The van der Waals surface area contributed by atoms with Gasteiger partial charge in [-0.15, -0.1) is 0 Å². The van der Waals surface area contributed by atoms with Gasteiger partial charge >= 0.3 is 5.97 Å². The molecular formula is C13H15Cl2NO3. The van der Waals surface area contributed by atoms with Crippen molar-refractivity contribution >= 4 is 35.1 Å². The molecule has 2 N–H and O–H groups in total. The Balaban J connectivity index is 2.97. The van der Waals surface area contributed by atoms with Gasteiger partial charge in [-0.2, -0.15) is 0 Å². The van der Waals surface area contributed by atoms with Gasteiger partial charge in [-0.1, -0.05) is 44.0 Å². The van der Waals surface area contributed by atoms with Crippen molar-refractivity contribution in [2.24, 2.45) is 5.41 Å². The third kappa shape index (κ3) is 4.40. The molecule has 0 aliphatic carbocycles.